The number of hydrogen-bond donors (Lipinski definition) is 0. The zero-order valence-corrected chi connectivity index (χ0v) is 20.9. The zero-order valence-electron chi connectivity index (χ0n) is 20.2. The van der Waals surface area contributed by atoms with E-state index in [0.717, 1.165) is 12.8 Å². The molecule has 1 aliphatic rings. The molecule has 0 saturated carbocycles. The monoisotopic (exact) mass is 457 g/mol. The van der Waals surface area contributed by atoms with Gasteiger partial charge < -0.3 is 9.64 Å². The summed E-state index contributed by atoms with van der Waals surface area (Å²) in [6, 6.07) is 0. The number of likely N-dealkylation sites (tertiary alicyclic amines) is 1. The summed E-state index contributed by atoms with van der Waals surface area (Å²) in [6.45, 7) is 4.11. The van der Waals surface area contributed by atoms with Crippen molar-refractivity contribution in [1.29, 1.82) is 0 Å². The Morgan fingerprint density at radius 3 is 1.68 bits per heavy atom. The summed E-state index contributed by atoms with van der Waals surface area (Å²) in [6.07, 6.45) is 21.9. The van der Waals surface area contributed by atoms with Crippen molar-refractivity contribution < 1.29 is 14.3 Å². The quantitative estimate of drug-likeness (QED) is 0.116. The van der Waals surface area contributed by atoms with Crippen LogP contribution < -0.4 is 0 Å². The molecule has 0 aromatic carbocycles. The lowest BCUT2D eigenvalue weighted by Gasteiger charge is -2.30. The van der Waals surface area contributed by atoms with Gasteiger partial charge in [0.1, 0.15) is 0 Å². The van der Waals surface area contributed by atoms with Gasteiger partial charge in [0.2, 0.25) is 5.91 Å². The van der Waals surface area contributed by atoms with Crippen LogP contribution in [0.3, 0.4) is 0 Å². The maximum Gasteiger partial charge on any atom is 0.309 e. The number of rotatable bonds is 19. The number of carbonyl (C=O) groups is 2. The molecular formula is C26H48ClNO3. The number of nitrogens with zero attached hydrogens (tertiary/aromatic N) is 1. The highest BCUT2D eigenvalue weighted by atomic mass is 35.5. The Kier molecular flexibility index (Phi) is 18.1. The van der Waals surface area contributed by atoms with E-state index in [2.05, 4.69) is 6.92 Å². The number of carbonyl (C=O) groups excluding carboxylic acids is 2. The van der Waals surface area contributed by atoms with Gasteiger partial charge in [-0.15, -0.1) is 11.6 Å². The highest BCUT2D eigenvalue weighted by molar-refractivity contribution is 6.18. The minimum absolute atomic E-state index is 0.0450. The second-order valence-electron chi connectivity index (χ2n) is 9.21. The van der Waals surface area contributed by atoms with E-state index in [9.17, 15) is 9.59 Å². The third-order valence-corrected chi connectivity index (χ3v) is 6.67. The van der Waals surface area contributed by atoms with Crippen LogP contribution >= 0.6 is 11.6 Å². The van der Waals surface area contributed by atoms with Gasteiger partial charge in [0.15, 0.2) is 0 Å². The molecule has 0 radical (unpaired) electrons. The molecule has 31 heavy (non-hydrogen) atoms. The summed E-state index contributed by atoms with van der Waals surface area (Å²) in [7, 11) is 0. The lowest BCUT2D eigenvalue weighted by molar-refractivity contribution is -0.151. The molecule has 1 saturated heterocycles. The average molecular weight is 458 g/mol. The molecule has 1 fully saturated rings. The molecule has 0 bridgehead atoms. The van der Waals surface area contributed by atoms with E-state index >= 15 is 0 Å². The fourth-order valence-corrected chi connectivity index (χ4v) is 4.53. The molecule has 0 atom stereocenters. The Morgan fingerprint density at radius 1 is 0.774 bits per heavy atom. The smallest absolute Gasteiger partial charge is 0.309 e. The summed E-state index contributed by atoms with van der Waals surface area (Å²) < 4.78 is 5.47. The summed E-state index contributed by atoms with van der Waals surface area (Å²) in [5, 5.41) is 0. The highest BCUT2D eigenvalue weighted by Crippen LogP contribution is 2.20. The van der Waals surface area contributed by atoms with Crippen LogP contribution in [0.5, 0.6) is 0 Å². The lowest BCUT2D eigenvalue weighted by Crippen LogP contribution is -2.40. The van der Waals surface area contributed by atoms with Crippen LogP contribution in [0.15, 0.2) is 0 Å². The van der Waals surface area contributed by atoms with E-state index in [4.69, 9.17) is 16.3 Å². The summed E-state index contributed by atoms with van der Waals surface area (Å²) in [4.78, 5) is 25.9. The third-order valence-electron chi connectivity index (χ3n) is 6.48. The molecule has 1 aliphatic heterocycles. The maximum atomic E-state index is 12.2. The molecule has 5 heteroatoms. The predicted molar refractivity (Wildman–Crippen MR) is 131 cm³/mol. The first-order valence-electron chi connectivity index (χ1n) is 13.2. The number of amides is 1. The predicted octanol–water partition coefficient (Wildman–Crippen LogP) is 7.27. The SMILES string of the molecule is CCCCCCCCCCCCCCCCCOC(=O)C1CCN(C(=O)CCCl)CC1. The lowest BCUT2D eigenvalue weighted by atomic mass is 9.97. The first-order chi connectivity index (χ1) is 15.2. The molecule has 0 N–H and O–H groups in total. The van der Waals surface area contributed by atoms with Gasteiger partial charge in [0.25, 0.3) is 0 Å². The molecule has 0 aliphatic carbocycles. The first-order valence-corrected chi connectivity index (χ1v) is 13.7. The number of halogens is 1. The number of piperidine rings is 1. The Labute approximate surface area is 196 Å². The minimum atomic E-state index is -0.0743. The second-order valence-corrected chi connectivity index (χ2v) is 9.59. The fourth-order valence-electron chi connectivity index (χ4n) is 4.37. The Morgan fingerprint density at radius 2 is 1.23 bits per heavy atom. The molecule has 1 rings (SSSR count). The summed E-state index contributed by atoms with van der Waals surface area (Å²) in [5.41, 5.74) is 0. The largest absolute Gasteiger partial charge is 0.465 e. The van der Waals surface area contributed by atoms with Gasteiger partial charge in [-0.3, -0.25) is 9.59 Å². The van der Waals surface area contributed by atoms with Crippen LogP contribution in [0.25, 0.3) is 0 Å². The molecule has 0 aromatic rings. The molecule has 4 nitrogen and oxygen atoms in total. The van der Waals surface area contributed by atoms with E-state index in [1.54, 1.807) is 0 Å². The average Bonchev–Trinajstić information content (AvgIpc) is 2.79. The number of esters is 1. The zero-order chi connectivity index (χ0) is 22.6. The van der Waals surface area contributed by atoms with Crippen molar-refractivity contribution in [3.05, 3.63) is 0 Å². The molecular weight excluding hydrogens is 410 g/mol. The highest BCUT2D eigenvalue weighted by Gasteiger charge is 2.27. The van der Waals surface area contributed by atoms with Gasteiger partial charge >= 0.3 is 5.97 Å². The van der Waals surface area contributed by atoms with Crippen molar-refractivity contribution in [2.24, 2.45) is 5.92 Å². The van der Waals surface area contributed by atoms with Gasteiger partial charge in [-0.25, -0.2) is 0 Å². The van der Waals surface area contributed by atoms with Gasteiger partial charge in [0.05, 0.1) is 12.5 Å². The number of unbranched alkanes of at least 4 members (excludes halogenated alkanes) is 14. The van der Waals surface area contributed by atoms with E-state index in [1.807, 2.05) is 4.90 Å². The number of ether oxygens (including phenoxy) is 1. The summed E-state index contributed by atoms with van der Waals surface area (Å²) in [5.74, 6) is 0.339. The Balaban J connectivity index is 1.84. The molecule has 0 aromatic heterocycles. The van der Waals surface area contributed by atoms with Gasteiger partial charge in [-0.2, -0.15) is 0 Å². The van der Waals surface area contributed by atoms with E-state index < -0.39 is 0 Å². The minimum Gasteiger partial charge on any atom is -0.465 e. The molecule has 182 valence electrons. The third kappa shape index (κ3) is 14.8. The molecule has 0 unspecified atom stereocenters. The Bertz CT molecular complexity index is 450. The van der Waals surface area contributed by atoms with Crippen LogP contribution in [0.1, 0.15) is 122 Å². The van der Waals surface area contributed by atoms with Crippen molar-refractivity contribution in [3.8, 4) is 0 Å². The van der Waals surface area contributed by atoms with Crippen LogP contribution in [-0.4, -0.2) is 42.4 Å². The van der Waals surface area contributed by atoms with E-state index in [1.165, 1.54) is 83.5 Å². The molecule has 1 heterocycles. The van der Waals surface area contributed by atoms with Crippen LogP contribution in [-0.2, 0) is 14.3 Å². The normalized spacial score (nSPS) is 14.7. The Hall–Kier alpha value is -0.770. The van der Waals surface area contributed by atoms with Gasteiger partial charge in [0, 0.05) is 25.4 Å². The van der Waals surface area contributed by atoms with Crippen molar-refractivity contribution >= 4 is 23.5 Å². The second kappa shape index (κ2) is 19.9. The van der Waals surface area contributed by atoms with Crippen LogP contribution in [0.4, 0.5) is 0 Å². The van der Waals surface area contributed by atoms with Crippen LogP contribution in [0, 0.1) is 5.92 Å². The standard InChI is InChI=1S/C26H48ClNO3/c1-2-3-4-5-6-7-8-9-10-11-12-13-14-15-16-23-31-26(30)24-18-21-28(22-19-24)25(29)17-20-27/h24H,2-23H2,1H3. The van der Waals surface area contributed by atoms with E-state index in [0.29, 0.717) is 44.8 Å². The van der Waals surface area contributed by atoms with Gasteiger partial charge in [-0.05, 0) is 19.3 Å². The first kappa shape index (κ1) is 28.3. The molecule has 0 spiro atoms. The van der Waals surface area contributed by atoms with Crippen molar-refractivity contribution in [1.82, 2.24) is 4.90 Å². The summed E-state index contributed by atoms with van der Waals surface area (Å²) >= 11 is 5.63. The van der Waals surface area contributed by atoms with Crippen molar-refractivity contribution in [2.75, 3.05) is 25.6 Å². The molecule has 1 amide bonds. The van der Waals surface area contributed by atoms with Crippen molar-refractivity contribution in [2.45, 2.75) is 122 Å². The number of hydrogen-bond acceptors (Lipinski definition) is 3. The fraction of sp³-hybridized carbons (Fsp3) is 0.923. The van der Waals surface area contributed by atoms with Crippen molar-refractivity contribution in [3.63, 3.8) is 0 Å². The topological polar surface area (TPSA) is 46.6 Å². The van der Waals surface area contributed by atoms with E-state index in [-0.39, 0.29) is 17.8 Å². The number of alkyl halides is 1. The van der Waals surface area contributed by atoms with Crippen LogP contribution in [0.2, 0.25) is 0 Å². The maximum absolute atomic E-state index is 12.2. The van der Waals surface area contributed by atoms with Gasteiger partial charge in [-0.1, -0.05) is 96.8 Å².